The lowest BCUT2D eigenvalue weighted by Gasteiger charge is -2.22. The second-order valence-corrected chi connectivity index (χ2v) is 6.80. The summed E-state index contributed by atoms with van der Waals surface area (Å²) in [4.78, 5) is 12.0. The van der Waals surface area contributed by atoms with Crippen molar-refractivity contribution in [2.24, 2.45) is 5.41 Å². The Morgan fingerprint density at radius 1 is 1.59 bits per heavy atom. The molecule has 1 aromatic rings. The van der Waals surface area contributed by atoms with Gasteiger partial charge in [-0.05, 0) is 40.4 Å². The molecular weight excluding hydrogens is 302 g/mol. The summed E-state index contributed by atoms with van der Waals surface area (Å²) >= 11 is 5.16. The minimum absolute atomic E-state index is 0.193. The first-order valence-corrected chi connectivity index (χ1v) is 7.22. The SMILES string of the molecule is CC(C)(CNCCc1cc(Br)cs1)CC(=O)O. The standard InChI is InChI=1S/C12H18BrNO2S/c1-12(2,6-11(15)16)8-14-4-3-10-5-9(13)7-17-10/h5,7,14H,3-4,6,8H2,1-2H3,(H,15,16). The molecule has 0 saturated carbocycles. The molecule has 0 aromatic carbocycles. The molecule has 1 aromatic heterocycles. The topological polar surface area (TPSA) is 49.3 Å². The zero-order valence-electron chi connectivity index (χ0n) is 10.1. The van der Waals surface area contributed by atoms with Crippen LogP contribution < -0.4 is 5.32 Å². The first-order chi connectivity index (χ1) is 7.89. The van der Waals surface area contributed by atoms with Gasteiger partial charge in [0.05, 0.1) is 6.42 Å². The van der Waals surface area contributed by atoms with Crippen molar-refractivity contribution in [3.8, 4) is 0 Å². The molecule has 0 aliphatic carbocycles. The molecule has 0 aliphatic rings. The predicted octanol–water partition coefficient (Wildman–Crippen LogP) is 3.14. The van der Waals surface area contributed by atoms with Crippen LogP contribution in [0, 0.1) is 5.41 Å². The third-order valence-electron chi connectivity index (χ3n) is 2.40. The molecule has 0 fully saturated rings. The van der Waals surface area contributed by atoms with Crippen LogP contribution in [0.2, 0.25) is 0 Å². The summed E-state index contributed by atoms with van der Waals surface area (Å²) in [7, 11) is 0. The summed E-state index contributed by atoms with van der Waals surface area (Å²) in [5.74, 6) is -0.737. The number of carbonyl (C=O) groups is 1. The summed E-state index contributed by atoms with van der Waals surface area (Å²) < 4.78 is 1.13. The molecule has 96 valence electrons. The minimum Gasteiger partial charge on any atom is -0.481 e. The third kappa shape index (κ3) is 6.19. The fourth-order valence-corrected chi connectivity index (χ4v) is 3.05. The molecule has 2 N–H and O–H groups in total. The number of nitrogens with one attached hydrogen (secondary N) is 1. The van der Waals surface area contributed by atoms with Crippen molar-refractivity contribution in [3.63, 3.8) is 0 Å². The number of carboxylic acid groups (broad SMARTS) is 1. The van der Waals surface area contributed by atoms with Crippen LogP contribution in [0.25, 0.3) is 0 Å². The Kier molecular flexibility index (Phi) is 5.62. The third-order valence-corrected chi connectivity index (χ3v) is 4.16. The molecular formula is C12H18BrNO2S. The van der Waals surface area contributed by atoms with Gasteiger partial charge in [0.15, 0.2) is 0 Å². The van der Waals surface area contributed by atoms with Crippen molar-refractivity contribution < 1.29 is 9.90 Å². The number of aliphatic carboxylic acids is 1. The monoisotopic (exact) mass is 319 g/mol. The molecule has 0 spiro atoms. The van der Waals surface area contributed by atoms with Gasteiger partial charge in [-0.3, -0.25) is 4.79 Å². The normalized spacial score (nSPS) is 11.7. The van der Waals surface area contributed by atoms with E-state index in [1.807, 2.05) is 13.8 Å². The smallest absolute Gasteiger partial charge is 0.303 e. The molecule has 1 rings (SSSR count). The van der Waals surface area contributed by atoms with Gasteiger partial charge in [-0.2, -0.15) is 0 Å². The Bertz CT molecular complexity index is 376. The van der Waals surface area contributed by atoms with Gasteiger partial charge in [-0.25, -0.2) is 0 Å². The van der Waals surface area contributed by atoms with E-state index in [-0.39, 0.29) is 11.8 Å². The van der Waals surface area contributed by atoms with Crippen molar-refractivity contribution in [1.29, 1.82) is 0 Å². The molecule has 17 heavy (non-hydrogen) atoms. The quantitative estimate of drug-likeness (QED) is 0.759. The molecule has 0 bridgehead atoms. The largest absolute Gasteiger partial charge is 0.481 e. The maximum Gasteiger partial charge on any atom is 0.303 e. The highest BCUT2D eigenvalue weighted by molar-refractivity contribution is 9.10. The van der Waals surface area contributed by atoms with E-state index < -0.39 is 5.97 Å². The number of rotatable bonds is 7. The summed E-state index contributed by atoms with van der Waals surface area (Å²) in [5, 5.41) is 14.1. The van der Waals surface area contributed by atoms with Gasteiger partial charge >= 0.3 is 5.97 Å². The Hall–Kier alpha value is -0.390. The van der Waals surface area contributed by atoms with E-state index in [9.17, 15) is 4.79 Å². The number of hydrogen-bond donors (Lipinski definition) is 2. The van der Waals surface area contributed by atoms with Gasteiger partial charge in [0, 0.05) is 21.3 Å². The minimum atomic E-state index is -0.737. The van der Waals surface area contributed by atoms with Gasteiger partial charge in [-0.15, -0.1) is 11.3 Å². The molecule has 0 saturated heterocycles. The molecule has 1 heterocycles. The van der Waals surface area contributed by atoms with E-state index in [1.54, 1.807) is 11.3 Å². The number of halogens is 1. The van der Waals surface area contributed by atoms with E-state index in [2.05, 4.69) is 32.7 Å². The van der Waals surface area contributed by atoms with Gasteiger partial charge < -0.3 is 10.4 Å². The first-order valence-electron chi connectivity index (χ1n) is 5.54. The van der Waals surface area contributed by atoms with Crippen molar-refractivity contribution in [2.45, 2.75) is 26.7 Å². The molecule has 3 nitrogen and oxygen atoms in total. The van der Waals surface area contributed by atoms with Gasteiger partial charge in [0.2, 0.25) is 0 Å². The first kappa shape index (κ1) is 14.7. The Morgan fingerprint density at radius 2 is 2.29 bits per heavy atom. The predicted molar refractivity (Wildman–Crippen MR) is 74.6 cm³/mol. The average Bonchev–Trinajstić information content (AvgIpc) is 2.57. The van der Waals surface area contributed by atoms with Crippen LogP contribution in [0.3, 0.4) is 0 Å². The molecule has 5 heteroatoms. The van der Waals surface area contributed by atoms with Crippen LogP contribution in [0.4, 0.5) is 0 Å². The maximum atomic E-state index is 10.6. The Labute approximate surface area is 114 Å². The van der Waals surface area contributed by atoms with Gasteiger partial charge in [0.1, 0.15) is 0 Å². The average molecular weight is 320 g/mol. The van der Waals surface area contributed by atoms with E-state index in [4.69, 9.17) is 5.11 Å². The lowest BCUT2D eigenvalue weighted by atomic mass is 9.89. The Balaban J connectivity index is 2.21. The molecule has 0 atom stereocenters. The fraction of sp³-hybridized carbons (Fsp3) is 0.583. The number of thiophene rings is 1. The summed E-state index contributed by atoms with van der Waals surface area (Å²) in [5.41, 5.74) is -0.193. The fourth-order valence-electron chi connectivity index (χ4n) is 1.60. The number of carboxylic acids is 1. The van der Waals surface area contributed by atoms with E-state index >= 15 is 0 Å². The van der Waals surface area contributed by atoms with Gasteiger partial charge in [-0.1, -0.05) is 13.8 Å². The molecule has 0 radical (unpaired) electrons. The molecule has 0 unspecified atom stereocenters. The highest BCUT2D eigenvalue weighted by Gasteiger charge is 2.20. The van der Waals surface area contributed by atoms with Crippen LogP contribution in [0.15, 0.2) is 15.9 Å². The summed E-state index contributed by atoms with van der Waals surface area (Å²) in [6, 6.07) is 2.12. The van der Waals surface area contributed by atoms with Crippen LogP contribution in [0.5, 0.6) is 0 Å². The second-order valence-electron chi connectivity index (χ2n) is 4.89. The van der Waals surface area contributed by atoms with Crippen molar-refractivity contribution >= 4 is 33.2 Å². The van der Waals surface area contributed by atoms with Crippen LogP contribution in [0.1, 0.15) is 25.1 Å². The van der Waals surface area contributed by atoms with E-state index in [0.717, 1.165) is 24.0 Å². The Morgan fingerprint density at radius 3 is 2.82 bits per heavy atom. The lowest BCUT2D eigenvalue weighted by Crippen LogP contribution is -2.32. The summed E-state index contributed by atoms with van der Waals surface area (Å²) in [6.45, 7) is 5.55. The van der Waals surface area contributed by atoms with Crippen molar-refractivity contribution in [3.05, 3.63) is 20.8 Å². The van der Waals surface area contributed by atoms with Gasteiger partial charge in [0.25, 0.3) is 0 Å². The summed E-state index contributed by atoms with van der Waals surface area (Å²) in [6.07, 6.45) is 1.18. The van der Waals surface area contributed by atoms with Crippen LogP contribution in [-0.2, 0) is 11.2 Å². The maximum absolute atomic E-state index is 10.6. The second kappa shape index (κ2) is 6.52. The highest BCUT2D eigenvalue weighted by Crippen LogP contribution is 2.20. The van der Waals surface area contributed by atoms with Crippen molar-refractivity contribution in [1.82, 2.24) is 5.32 Å². The van der Waals surface area contributed by atoms with E-state index in [1.165, 1.54) is 4.88 Å². The zero-order chi connectivity index (χ0) is 12.9. The lowest BCUT2D eigenvalue weighted by molar-refractivity contribution is -0.139. The molecule has 0 amide bonds. The van der Waals surface area contributed by atoms with E-state index in [0.29, 0.717) is 0 Å². The number of hydrogen-bond acceptors (Lipinski definition) is 3. The highest BCUT2D eigenvalue weighted by atomic mass is 79.9. The van der Waals surface area contributed by atoms with Crippen molar-refractivity contribution in [2.75, 3.05) is 13.1 Å². The molecule has 0 aliphatic heterocycles. The van der Waals surface area contributed by atoms with Crippen LogP contribution >= 0.6 is 27.3 Å². The van der Waals surface area contributed by atoms with Crippen LogP contribution in [-0.4, -0.2) is 24.2 Å². The zero-order valence-corrected chi connectivity index (χ0v) is 12.5.